The average molecular weight is 275 g/mol. The Balaban J connectivity index is 2.15. The predicted molar refractivity (Wildman–Crippen MR) is 82.5 cm³/mol. The fraction of sp³-hybridized carbons (Fsp3) is 0.471. The average Bonchev–Trinajstić information content (AvgIpc) is 2.43. The van der Waals surface area contributed by atoms with E-state index in [0.29, 0.717) is 19.1 Å². The maximum absolute atomic E-state index is 11.6. The summed E-state index contributed by atoms with van der Waals surface area (Å²) >= 11 is 0. The first kappa shape index (κ1) is 16.3. The summed E-state index contributed by atoms with van der Waals surface area (Å²) in [7, 11) is 0. The van der Waals surface area contributed by atoms with Gasteiger partial charge in [-0.25, -0.2) is 4.79 Å². The number of nitrogens with one attached hydrogen (secondary N) is 1. The standard InChI is InChI=1S/C17H25NO2/c1-14(2)8-7-9-15(3)12-18-17(19)20-13-16-10-5-4-6-11-16/h4-6,8,10-11,15H,7,9,12-13H2,1-3H3,(H,18,19)/t15-/m1/s1. The van der Waals surface area contributed by atoms with Crippen LogP contribution in [0, 0.1) is 5.92 Å². The lowest BCUT2D eigenvalue weighted by molar-refractivity contribution is 0.138. The number of rotatable bonds is 7. The van der Waals surface area contributed by atoms with Crippen LogP contribution in [0.5, 0.6) is 0 Å². The van der Waals surface area contributed by atoms with Crippen LogP contribution in [-0.2, 0) is 11.3 Å². The summed E-state index contributed by atoms with van der Waals surface area (Å²) in [6, 6.07) is 9.69. The SMILES string of the molecule is CC(C)=CCC[C@@H](C)CNC(=O)OCc1ccccc1. The molecule has 0 unspecified atom stereocenters. The molecule has 3 nitrogen and oxygen atoms in total. The minimum absolute atomic E-state index is 0.318. The Bertz CT molecular complexity index is 422. The molecule has 110 valence electrons. The van der Waals surface area contributed by atoms with E-state index < -0.39 is 0 Å². The van der Waals surface area contributed by atoms with Crippen LogP contribution < -0.4 is 5.32 Å². The fourth-order valence-electron chi connectivity index (χ4n) is 1.79. The van der Waals surface area contributed by atoms with Crippen LogP contribution in [0.1, 0.15) is 39.2 Å². The van der Waals surface area contributed by atoms with Gasteiger partial charge in [-0.1, -0.05) is 48.9 Å². The van der Waals surface area contributed by atoms with E-state index in [4.69, 9.17) is 4.74 Å². The zero-order chi connectivity index (χ0) is 14.8. The highest BCUT2D eigenvalue weighted by molar-refractivity contribution is 5.67. The van der Waals surface area contributed by atoms with Gasteiger partial charge in [-0.3, -0.25) is 0 Å². The van der Waals surface area contributed by atoms with Gasteiger partial charge < -0.3 is 10.1 Å². The van der Waals surface area contributed by atoms with Crippen molar-refractivity contribution in [3.63, 3.8) is 0 Å². The minimum atomic E-state index is -0.345. The molecule has 3 heteroatoms. The van der Waals surface area contributed by atoms with Crippen molar-refractivity contribution in [1.29, 1.82) is 0 Å². The monoisotopic (exact) mass is 275 g/mol. The number of carbonyl (C=O) groups is 1. The van der Waals surface area contributed by atoms with Crippen LogP contribution in [0.3, 0.4) is 0 Å². The van der Waals surface area contributed by atoms with E-state index in [1.165, 1.54) is 5.57 Å². The van der Waals surface area contributed by atoms with Crippen molar-refractivity contribution in [2.75, 3.05) is 6.54 Å². The molecular weight excluding hydrogens is 250 g/mol. The van der Waals surface area contributed by atoms with Gasteiger partial charge >= 0.3 is 6.09 Å². The number of benzene rings is 1. The summed E-state index contributed by atoms with van der Waals surface area (Å²) in [5.41, 5.74) is 2.34. The second-order valence-corrected chi connectivity index (χ2v) is 5.41. The summed E-state index contributed by atoms with van der Waals surface area (Å²) in [6.45, 7) is 7.31. The molecule has 0 saturated heterocycles. The topological polar surface area (TPSA) is 38.3 Å². The van der Waals surface area contributed by atoms with Crippen LogP contribution in [-0.4, -0.2) is 12.6 Å². The molecule has 0 aliphatic rings. The first-order valence-corrected chi connectivity index (χ1v) is 7.16. The minimum Gasteiger partial charge on any atom is -0.445 e. The number of alkyl carbamates (subject to hydrolysis) is 1. The molecule has 1 rings (SSSR count). The zero-order valence-electron chi connectivity index (χ0n) is 12.7. The fourth-order valence-corrected chi connectivity index (χ4v) is 1.79. The summed E-state index contributed by atoms with van der Waals surface area (Å²) in [5, 5.41) is 2.81. The van der Waals surface area contributed by atoms with E-state index in [9.17, 15) is 4.79 Å². The Labute approximate surface area is 122 Å². The van der Waals surface area contributed by atoms with Crippen molar-refractivity contribution in [3.8, 4) is 0 Å². The van der Waals surface area contributed by atoms with Crippen molar-refractivity contribution >= 4 is 6.09 Å². The molecule has 0 radical (unpaired) electrons. The summed E-state index contributed by atoms with van der Waals surface area (Å²) in [6.07, 6.45) is 4.02. The van der Waals surface area contributed by atoms with Gasteiger partial charge in [0.1, 0.15) is 6.61 Å². The summed E-state index contributed by atoms with van der Waals surface area (Å²) in [5.74, 6) is 0.454. The Kier molecular flexibility index (Phi) is 7.48. The largest absolute Gasteiger partial charge is 0.445 e. The first-order valence-electron chi connectivity index (χ1n) is 7.16. The van der Waals surface area contributed by atoms with Gasteiger partial charge in [0.05, 0.1) is 0 Å². The van der Waals surface area contributed by atoms with E-state index >= 15 is 0 Å². The van der Waals surface area contributed by atoms with Gasteiger partial charge in [0.2, 0.25) is 0 Å². The second-order valence-electron chi connectivity index (χ2n) is 5.41. The Morgan fingerprint density at radius 3 is 2.65 bits per heavy atom. The third-order valence-electron chi connectivity index (χ3n) is 3.02. The maximum Gasteiger partial charge on any atom is 0.407 e. The molecule has 0 spiro atoms. The molecule has 0 saturated carbocycles. The number of ether oxygens (including phenoxy) is 1. The Morgan fingerprint density at radius 2 is 2.00 bits per heavy atom. The lowest BCUT2D eigenvalue weighted by Crippen LogP contribution is -2.28. The third-order valence-corrected chi connectivity index (χ3v) is 3.02. The normalized spacial score (nSPS) is 11.6. The van der Waals surface area contributed by atoms with Gasteiger partial charge in [-0.05, 0) is 38.2 Å². The Morgan fingerprint density at radius 1 is 1.30 bits per heavy atom. The molecule has 0 heterocycles. The van der Waals surface area contributed by atoms with Gasteiger partial charge in [0.15, 0.2) is 0 Å². The highest BCUT2D eigenvalue weighted by Crippen LogP contribution is 2.07. The van der Waals surface area contributed by atoms with Crippen molar-refractivity contribution in [2.24, 2.45) is 5.92 Å². The molecule has 1 N–H and O–H groups in total. The van der Waals surface area contributed by atoms with Crippen LogP contribution in [0.25, 0.3) is 0 Å². The van der Waals surface area contributed by atoms with E-state index in [1.807, 2.05) is 30.3 Å². The highest BCUT2D eigenvalue weighted by atomic mass is 16.5. The number of amides is 1. The third kappa shape index (κ3) is 7.62. The number of hydrogen-bond acceptors (Lipinski definition) is 2. The van der Waals surface area contributed by atoms with Gasteiger partial charge in [0, 0.05) is 6.54 Å². The predicted octanol–water partition coefficient (Wildman–Crippen LogP) is 4.30. The van der Waals surface area contributed by atoms with E-state index in [1.54, 1.807) is 0 Å². The quantitative estimate of drug-likeness (QED) is 0.754. The molecule has 20 heavy (non-hydrogen) atoms. The second kappa shape index (κ2) is 9.18. The zero-order valence-corrected chi connectivity index (χ0v) is 12.7. The lowest BCUT2D eigenvalue weighted by atomic mass is 10.0. The van der Waals surface area contributed by atoms with Crippen molar-refractivity contribution in [1.82, 2.24) is 5.32 Å². The molecule has 1 amide bonds. The van der Waals surface area contributed by atoms with Crippen LogP contribution >= 0.6 is 0 Å². The number of carbonyl (C=O) groups excluding carboxylic acids is 1. The van der Waals surface area contributed by atoms with E-state index in [2.05, 4.69) is 32.2 Å². The lowest BCUT2D eigenvalue weighted by Gasteiger charge is -2.12. The molecule has 1 aromatic rings. The number of allylic oxidation sites excluding steroid dienone is 2. The molecule has 1 aromatic carbocycles. The maximum atomic E-state index is 11.6. The van der Waals surface area contributed by atoms with Gasteiger partial charge in [0.25, 0.3) is 0 Å². The first-order chi connectivity index (χ1) is 9.58. The molecular formula is C17H25NO2. The smallest absolute Gasteiger partial charge is 0.407 e. The van der Waals surface area contributed by atoms with Crippen LogP contribution in [0.2, 0.25) is 0 Å². The van der Waals surface area contributed by atoms with E-state index in [-0.39, 0.29) is 6.09 Å². The van der Waals surface area contributed by atoms with Crippen LogP contribution in [0.4, 0.5) is 4.79 Å². The molecule has 0 aliphatic heterocycles. The summed E-state index contributed by atoms with van der Waals surface area (Å²) in [4.78, 5) is 11.6. The molecule has 0 fully saturated rings. The van der Waals surface area contributed by atoms with E-state index in [0.717, 1.165) is 18.4 Å². The summed E-state index contributed by atoms with van der Waals surface area (Å²) < 4.78 is 5.16. The Hall–Kier alpha value is -1.77. The van der Waals surface area contributed by atoms with Crippen molar-refractivity contribution in [2.45, 2.75) is 40.2 Å². The van der Waals surface area contributed by atoms with Crippen molar-refractivity contribution < 1.29 is 9.53 Å². The molecule has 0 aromatic heterocycles. The molecule has 1 atom stereocenters. The van der Waals surface area contributed by atoms with Crippen molar-refractivity contribution in [3.05, 3.63) is 47.5 Å². The molecule has 0 aliphatic carbocycles. The highest BCUT2D eigenvalue weighted by Gasteiger charge is 2.06. The van der Waals surface area contributed by atoms with Gasteiger partial charge in [-0.15, -0.1) is 0 Å². The van der Waals surface area contributed by atoms with Gasteiger partial charge in [-0.2, -0.15) is 0 Å². The number of hydrogen-bond donors (Lipinski definition) is 1. The molecule has 0 bridgehead atoms. The van der Waals surface area contributed by atoms with Crippen LogP contribution in [0.15, 0.2) is 42.0 Å².